The number of rotatable bonds is 5. The third-order valence-corrected chi connectivity index (χ3v) is 5.16. The molecule has 0 saturated carbocycles. The molecule has 0 bridgehead atoms. The normalized spacial score (nSPS) is 10.3. The van der Waals surface area contributed by atoms with E-state index < -0.39 is 5.56 Å². The minimum atomic E-state index is -0.440. The van der Waals surface area contributed by atoms with Gasteiger partial charge in [0.1, 0.15) is 11.6 Å². The minimum Gasteiger partial charge on any atom is -0.493 e. The van der Waals surface area contributed by atoms with Crippen molar-refractivity contribution in [3.63, 3.8) is 0 Å². The Balaban J connectivity index is 2.29. The second-order valence-corrected chi connectivity index (χ2v) is 7.02. The maximum absolute atomic E-state index is 12.5. The second-order valence-electron chi connectivity index (χ2n) is 5.74. The van der Waals surface area contributed by atoms with Gasteiger partial charge in [-0.3, -0.25) is 4.79 Å². The summed E-state index contributed by atoms with van der Waals surface area (Å²) in [6, 6.07) is 11.2. The van der Waals surface area contributed by atoms with Crippen LogP contribution in [0, 0.1) is 18.3 Å². The number of pyridine rings is 1. The molecule has 3 rings (SSSR count). The SMILES string of the molecule is COc1cc(-c2cc(-c3ccc(C)s3)[nH]c(=O)c2C#N)cc(OC)c1OC. The quantitative estimate of drug-likeness (QED) is 0.722. The van der Waals surface area contributed by atoms with Crippen molar-refractivity contribution in [2.24, 2.45) is 0 Å². The Morgan fingerprint density at radius 1 is 1.04 bits per heavy atom. The lowest BCUT2D eigenvalue weighted by atomic mass is 9.99. The number of ether oxygens (including phenoxy) is 3. The fourth-order valence-corrected chi connectivity index (χ4v) is 3.69. The molecule has 0 saturated heterocycles. The van der Waals surface area contributed by atoms with Gasteiger partial charge < -0.3 is 19.2 Å². The number of aryl methyl sites for hydroxylation is 1. The standard InChI is InChI=1S/C20H18N2O4S/c1-11-5-6-18(27-11)15-9-13(14(10-21)20(23)22-15)12-7-16(24-2)19(26-4)17(8-12)25-3/h5-9H,1-4H3,(H,22,23). The molecule has 1 aromatic carbocycles. The summed E-state index contributed by atoms with van der Waals surface area (Å²) in [5.41, 5.74) is 1.37. The van der Waals surface area contributed by atoms with Crippen molar-refractivity contribution in [1.82, 2.24) is 4.98 Å². The average Bonchev–Trinajstić information content (AvgIpc) is 3.12. The van der Waals surface area contributed by atoms with Gasteiger partial charge in [-0.1, -0.05) is 0 Å². The Morgan fingerprint density at radius 2 is 1.70 bits per heavy atom. The first-order valence-electron chi connectivity index (χ1n) is 8.07. The molecule has 6 nitrogen and oxygen atoms in total. The zero-order chi connectivity index (χ0) is 19.6. The fourth-order valence-electron chi connectivity index (χ4n) is 2.85. The van der Waals surface area contributed by atoms with Gasteiger partial charge in [0.15, 0.2) is 11.5 Å². The van der Waals surface area contributed by atoms with Gasteiger partial charge in [0.2, 0.25) is 5.75 Å². The highest BCUT2D eigenvalue weighted by Gasteiger charge is 2.18. The molecular weight excluding hydrogens is 364 g/mol. The number of thiophene rings is 1. The largest absolute Gasteiger partial charge is 0.493 e. The monoisotopic (exact) mass is 382 g/mol. The number of aromatic nitrogens is 1. The maximum Gasteiger partial charge on any atom is 0.266 e. The number of nitrogens with one attached hydrogen (secondary N) is 1. The van der Waals surface area contributed by atoms with Crippen LogP contribution >= 0.6 is 11.3 Å². The van der Waals surface area contributed by atoms with Gasteiger partial charge in [-0.25, -0.2) is 0 Å². The number of nitrogens with zero attached hydrogens (tertiary/aromatic N) is 1. The van der Waals surface area contributed by atoms with E-state index in [1.165, 1.54) is 21.3 Å². The lowest BCUT2D eigenvalue weighted by Crippen LogP contribution is -2.12. The van der Waals surface area contributed by atoms with Crippen molar-refractivity contribution < 1.29 is 14.2 Å². The van der Waals surface area contributed by atoms with Crippen molar-refractivity contribution in [3.8, 4) is 45.0 Å². The van der Waals surface area contributed by atoms with E-state index in [-0.39, 0.29) is 5.56 Å². The van der Waals surface area contributed by atoms with Gasteiger partial charge in [-0.2, -0.15) is 5.26 Å². The van der Waals surface area contributed by atoms with E-state index in [2.05, 4.69) is 4.98 Å². The molecule has 0 unspecified atom stereocenters. The van der Waals surface area contributed by atoms with Gasteiger partial charge >= 0.3 is 0 Å². The highest BCUT2D eigenvalue weighted by molar-refractivity contribution is 7.15. The van der Waals surface area contributed by atoms with Crippen LogP contribution in [0.25, 0.3) is 21.7 Å². The molecule has 7 heteroatoms. The molecule has 0 aliphatic carbocycles. The summed E-state index contributed by atoms with van der Waals surface area (Å²) in [5, 5.41) is 9.53. The second kappa shape index (κ2) is 7.56. The summed E-state index contributed by atoms with van der Waals surface area (Å²) in [6.45, 7) is 2.00. The summed E-state index contributed by atoms with van der Waals surface area (Å²) in [5.74, 6) is 1.34. The summed E-state index contributed by atoms with van der Waals surface area (Å²) >= 11 is 1.57. The topological polar surface area (TPSA) is 84.3 Å². The summed E-state index contributed by atoms with van der Waals surface area (Å²) in [6.07, 6.45) is 0. The van der Waals surface area contributed by atoms with Gasteiger partial charge in [-0.15, -0.1) is 11.3 Å². The minimum absolute atomic E-state index is 0.0290. The predicted octanol–water partition coefficient (Wildman–Crippen LogP) is 3.98. The molecule has 0 spiro atoms. The van der Waals surface area contributed by atoms with Gasteiger partial charge in [0.05, 0.1) is 31.9 Å². The number of nitriles is 1. The Kier molecular flexibility index (Phi) is 5.19. The molecule has 0 fully saturated rings. The number of hydrogen-bond acceptors (Lipinski definition) is 6. The lowest BCUT2D eigenvalue weighted by Gasteiger charge is -2.15. The molecule has 2 heterocycles. The predicted molar refractivity (Wildman–Crippen MR) is 105 cm³/mol. The van der Waals surface area contributed by atoms with Crippen LogP contribution in [0.2, 0.25) is 0 Å². The van der Waals surface area contributed by atoms with Crippen LogP contribution in [-0.2, 0) is 0 Å². The van der Waals surface area contributed by atoms with Crippen LogP contribution in [-0.4, -0.2) is 26.3 Å². The van der Waals surface area contributed by atoms with Crippen molar-refractivity contribution in [1.29, 1.82) is 5.26 Å². The molecule has 0 amide bonds. The molecular formula is C20H18N2O4S. The highest BCUT2D eigenvalue weighted by atomic mass is 32.1. The molecule has 0 radical (unpaired) electrons. The van der Waals surface area contributed by atoms with Gasteiger partial charge in [-0.05, 0) is 42.8 Å². The van der Waals surface area contributed by atoms with E-state index in [0.29, 0.717) is 34.1 Å². The van der Waals surface area contributed by atoms with E-state index in [9.17, 15) is 10.1 Å². The molecule has 3 aromatic rings. The van der Waals surface area contributed by atoms with Crippen molar-refractivity contribution in [2.45, 2.75) is 6.92 Å². The zero-order valence-corrected chi connectivity index (χ0v) is 16.2. The summed E-state index contributed by atoms with van der Waals surface area (Å²) < 4.78 is 16.1. The van der Waals surface area contributed by atoms with E-state index in [1.54, 1.807) is 29.5 Å². The van der Waals surface area contributed by atoms with Gasteiger partial charge in [0.25, 0.3) is 5.56 Å². The molecule has 0 atom stereocenters. The van der Waals surface area contributed by atoms with Gasteiger partial charge in [0, 0.05) is 10.4 Å². The number of hydrogen-bond donors (Lipinski definition) is 1. The third-order valence-electron chi connectivity index (χ3n) is 4.13. The van der Waals surface area contributed by atoms with Crippen LogP contribution in [0.5, 0.6) is 17.2 Å². The highest BCUT2D eigenvalue weighted by Crippen LogP contribution is 2.42. The van der Waals surface area contributed by atoms with Crippen molar-refractivity contribution >= 4 is 11.3 Å². The molecule has 138 valence electrons. The fraction of sp³-hybridized carbons (Fsp3) is 0.200. The number of methoxy groups -OCH3 is 3. The number of H-pyrrole nitrogens is 1. The zero-order valence-electron chi connectivity index (χ0n) is 15.4. The Hall–Kier alpha value is -3.24. The maximum atomic E-state index is 12.5. The summed E-state index contributed by atoms with van der Waals surface area (Å²) in [7, 11) is 4.55. The Morgan fingerprint density at radius 3 is 2.19 bits per heavy atom. The number of benzene rings is 1. The van der Waals surface area contributed by atoms with E-state index in [1.807, 2.05) is 25.1 Å². The first-order valence-corrected chi connectivity index (χ1v) is 8.88. The van der Waals surface area contributed by atoms with E-state index in [4.69, 9.17) is 14.2 Å². The molecule has 0 aliphatic heterocycles. The molecule has 2 aromatic heterocycles. The molecule has 27 heavy (non-hydrogen) atoms. The first kappa shape index (κ1) is 18.5. The van der Waals surface area contributed by atoms with Crippen molar-refractivity contribution in [2.75, 3.05) is 21.3 Å². The average molecular weight is 382 g/mol. The van der Waals surface area contributed by atoms with Crippen LogP contribution in [0.3, 0.4) is 0 Å². The Bertz CT molecular complexity index is 1070. The molecule has 1 N–H and O–H groups in total. The number of aromatic amines is 1. The Labute approximate surface area is 160 Å². The smallest absolute Gasteiger partial charge is 0.266 e. The lowest BCUT2D eigenvalue weighted by molar-refractivity contribution is 0.324. The molecule has 0 aliphatic rings. The van der Waals surface area contributed by atoms with Crippen molar-refractivity contribution in [3.05, 3.63) is 51.1 Å². The van der Waals surface area contributed by atoms with Crippen LogP contribution in [0.1, 0.15) is 10.4 Å². The summed E-state index contributed by atoms with van der Waals surface area (Å²) in [4.78, 5) is 17.4. The van der Waals surface area contributed by atoms with Crippen LogP contribution in [0.15, 0.2) is 35.1 Å². The van der Waals surface area contributed by atoms with Crippen LogP contribution < -0.4 is 19.8 Å². The van der Waals surface area contributed by atoms with E-state index in [0.717, 1.165) is 9.75 Å². The third kappa shape index (κ3) is 3.39. The van der Waals surface area contributed by atoms with E-state index >= 15 is 0 Å². The van der Waals surface area contributed by atoms with Crippen LogP contribution in [0.4, 0.5) is 0 Å². The first-order chi connectivity index (χ1) is 13.0.